The van der Waals surface area contributed by atoms with E-state index in [4.69, 9.17) is 11.6 Å². The maximum atomic E-state index is 11.3. The second kappa shape index (κ2) is 6.31. The molecule has 4 heteroatoms. The molecule has 0 fully saturated rings. The van der Waals surface area contributed by atoms with Gasteiger partial charge in [0.25, 0.3) is 0 Å². The molecule has 0 unspecified atom stereocenters. The largest absolute Gasteiger partial charge is 0.507 e. The summed E-state index contributed by atoms with van der Waals surface area (Å²) in [4.78, 5) is 11.3. The highest BCUT2D eigenvalue weighted by Crippen LogP contribution is 2.28. The zero-order valence-electron chi connectivity index (χ0n) is 12.3. The van der Waals surface area contributed by atoms with Crippen molar-refractivity contribution in [2.45, 2.75) is 12.8 Å². The Hall–Kier alpha value is -2.52. The quantitative estimate of drug-likeness (QED) is 0.731. The maximum Gasteiger partial charge on any atom is 0.339 e. The van der Waals surface area contributed by atoms with Crippen molar-refractivity contribution in [2.24, 2.45) is 0 Å². The van der Waals surface area contributed by atoms with Crippen molar-refractivity contribution in [3.63, 3.8) is 0 Å². The van der Waals surface area contributed by atoms with Crippen LogP contribution in [-0.4, -0.2) is 16.2 Å². The monoisotopic (exact) mass is 326 g/mol. The van der Waals surface area contributed by atoms with Gasteiger partial charge in [0.05, 0.1) is 0 Å². The summed E-state index contributed by atoms with van der Waals surface area (Å²) in [5.74, 6) is -1.44. The molecule has 0 bridgehead atoms. The first kappa shape index (κ1) is 15.4. The summed E-state index contributed by atoms with van der Waals surface area (Å²) in [5, 5.41) is 21.7. The molecule has 0 aliphatic carbocycles. The summed E-state index contributed by atoms with van der Waals surface area (Å²) >= 11 is 5.93. The van der Waals surface area contributed by atoms with Gasteiger partial charge in [-0.25, -0.2) is 4.79 Å². The molecule has 0 saturated carbocycles. The number of aryl methyl sites for hydroxylation is 2. The van der Waals surface area contributed by atoms with Crippen LogP contribution in [0.3, 0.4) is 0 Å². The number of aromatic hydroxyl groups is 1. The van der Waals surface area contributed by atoms with E-state index in [1.807, 2.05) is 24.3 Å². The summed E-state index contributed by atoms with van der Waals surface area (Å²) < 4.78 is 0. The molecular formula is C19H15ClO3. The minimum absolute atomic E-state index is 0.0739. The molecule has 0 aliphatic heterocycles. The lowest BCUT2D eigenvalue weighted by Crippen LogP contribution is -2.04. The molecule has 0 spiro atoms. The van der Waals surface area contributed by atoms with Crippen LogP contribution < -0.4 is 0 Å². The van der Waals surface area contributed by atoms with Crippen LogP contribution in [0.1, 0.15) is 21.5 Å². The fourth-order valence-corrected chi connectivity index (χ4v) is 3.00. The molecule has 23 heavy (non-hydrogen) atoms. The third-order valence-corrected chi connectivity index (χ3v) is 4.09. The first-order chi connectivity index (χ1) is 11.0. The van der Waals surface area contributed by atoms with Gasteiger partial charge in [-0.2, -0.15) is 0 Å². The van der Waals surface area contributed by atoms with E-state index in [1.165, 1.54) is 11.5 Å². The number of aromatic carboxylic acids is 1. The van der Waals surface area contributed by atoms with Crippen LogP contribution in [0.25, 0.3) is 10.8 Å². The number of carbonyl (C=O) groups is 1. The number of rotatable bonds is 4. The van der Waals surface area contributed by atoms with Gasteiger partial charge in [-0.15, -0.1) is 0 Å². The van der Waals surface area contributed by atoms with E-state index in [1.54, 1.807) is 6.07 Å². The van der Waals surface area contributed by atoms with Gasteiger partial charge in [-0.05, 0) is 46.9 Å². The van der Waals surface area contributed by atoms with Crippen LogP contribution in [0.2, 0.25) is 5.02 Å². The molecule has 2 N–H and O–H groups in total. The van der Waals surface area contributed by atoms with E-state index in [-0.39, 0.29) is 11.3 Å². The van der Waals surface area contributed by atoms with Crippen LogP contribution in [-0.2, 0) is 12.8 Å². The van der Waals surface area contributed by atoms with Crippen molar-refractivity contribution in [2.75, 3.05) is 0 Å². The number of hydrogen-bond acceptors (Lipinski definition) is 2. The first-order valence-corrected chi connectivity index (χ1v) is 7.65. The highest BCUT2D eigenvalue weighted by atomic mass is 35.5. The molecule has 0 radical (unpaired) electrons. The standard InChI is InChI=1S/C19H15ClO3/c20-16-10-15(18(19(22)23)17(21)11-16)8-6-12-5-7-13-3-1-2-4-14(13)9-12/h1-5,7,9-11,21H,6,8H2,(H,22,23). The van der Waals surface area contributed by atoms with E-state index in [0.717, 1.165) is 10.9 Å². The number of hydrogen-bond donors (Lipinski definition) is 2. The molecule has 0 aliphatic rings. The predicted molar refractivity (Wildman–Crippen MR) is 91.4 cm³/mol. The minimum Gasteiger partial charge on any atom is -0.507 e. The molecule has 0 atom stereocenters. The summed E-state index contributed by atoms with van der Waals surface area (Å²) in [6.45, 7) is 0. The zero-order chi connectivity index (χ0) is 16.4. The molecule has 0 aromatic heterocycles. The Bertz CT molecular complexity index is 887. The molecule has 3 aromatic carbocycles. The van der Waals surface area contributed by atoms with Crippen molar-refractivity contribution in [3.05, 3.63) is 76.3 Å². The van der Waals surface area contributed by atoms with Gasteiger partial charge in [-0.3, -0.25) is 0 Å². The van der Waals surface area contributed by atoms with Crippen molar-refractivity contribution in [1.82, 2.24) is 0 Å². The van der Waals surface area contributed by atoms with Crippen molar-refractivity contribution in [3.8, 4) is 5.75 Å². The fourth-order valence-electron chi connectivity index (χ4n) is 2.76. The number of fused-ring (bicyclic) bond motifs is 1. The SMILES string of the molecule is O=C(O)c1c(O)cc(Cl)cc1CCc1ccc2ccccc2c1. The topological polar surface area (TPSA) is 57.5 Å². The molecule has 3 nitrogen and oxygen atoms in total. The second-order valence-corrected chi connectivity index (χ2v) is 5.88. The predicted octanol–water partition coefficient (Wildman–Crippen LogP) is 4.68. The minimum atomic E-state index is -1.15. The molecule has 3 aromatic rings. The number of phenols is 1. The summed E-state index contributed by atoms with van der Waals surface area (Å²) in [6, 6.07) is 17.1. The molecular weight excluding hydrogens is 312 g/mol. The lowest BCUT2D eigenvalue weighted by Gasteiger charge is -2.09. The van der Waals surface area contributed by atoms with E-state index in [9.17, 15) is 15.0 Å². The molecule has 0 saturated heterocycles. The summed E-state index contributed by atoms with van der Waals surface area (Å²) in [5.41, 5.74) is 1.57. The van der Waals surface area contributed by atoms with Gasteiger partial charge in [0.15, 0.2) is 0 Å². The molecule has 0 heterocycles. The normalized spacial score (nSPS) is 10.8. The van der Waals surface area contributed by atoms with Crippen LogP contribution in [0, 0.1) is 0 Å². The van der Waals surface area contributed by atoms with Gasteiger partial charge in [0, 0.05) is 5.02 Å². The Kier molecular flexibility index (Phi) is 4.22. The lowest BCUT2D eigenvalue weighted by atomic mass is 9.97. The first-order valence-electron chi connectivity index (χ1n) is 7.27. The highest BCUT2D eigenvalue weighted by molar-refractivity contribution is 6.31. The number of carboxylic acid groups (broad SMARTS) is 1. The van der Waals surface area contributed by atoms with Crippen molar-refractivity contribution >= 4 is 28.3 Å². The van der Waals surface area contributed by atoms with E-state index in [0.29, 0.717) is 23.4 Å². The number of benzene rings is 3. The Morgan fingerprint density at radius 3 is 2.43 bits per heavy atom. The Labute approximate surface area is 138 Å². The Balaban J connectivity index is 1.88. The van der Waals surface area contributed by atoms with Crippen LogP contribution in [0.15, 0.2) is 54.6 Å². The fraction of sp³-hybridized carbons (Fsp3) is 0.105. The van der Waals surface area contributed by atoms with Crippen LogP contribution in [0.4, 0.5) is 0 Å². The van der Waals surface area contributed by atoms with Crippen LogP contribution in [0.5, 0.6) is 5.75 Å². The maximum absolute atomic E-state index is 11.3. The van der Waals surface area contributed by atoms with E-state index < -0.39 is 5.97 Å². The van der Waals surface area contributed by atoms with E-state index >= 15 is 0 Å². The average molecular weight is 327 g/mol. The second-order valence-electron chi connectivity index (χ2n) is 5.45. The van der Waals surface area contributed by atoms with E-state index in [2.05, 4.69) is 18.2 Å². The molecule has 3 rings (SSSR count). The van der Waals surface area contributed by atoms with Crippen molar-refractivity contribution in [1.29, 1.82) is 0 Å². The molecule has 116 valence electrons. The van der Waals surface area contributed by atoms with Gasteiger partial charge < -0.3 is 10.2 Å². The third kappa shape index (κ3) is 3.30. The van der Waals surface area contributed by atoms with Gasteiger partial charge in [0.2, 0.25) is 0 Å². The number of halogens is 1. The third-order valence-electron chi connectivity index (χ3n) is 3.87. The zero-order valence-corrected chi connectivity index (χ0v) is 13.0. The summed E-state index contributed by atoms with van der Waals surface area (Å²) in [6.07, 6.45) is 1.17. The van der Waals surface area contributed by atoms with Gasteiger partial charge in [-0.1, -0.05) is 54.1 Å². The lowest BCUT2D eigenvalue weighted by molar-refractivity contribution is 0.0692. The molecule has 0 amide bonds. The number of carboxylic acids is 1. The highest BCUT2D eigenvalue weighted by Gasteiger charge is 2.16. The Morgan fingerprint density at radius 2 is 1.70 bits per heavy atom. The van der Waals surface area contributed by atoms with Gasteiger partial charge >= 0.3 is 5.97 Å². The summed E-state index contributed by atoms with van der Waals surface area (Å²) in [7, 11) is 0. The van der Waals surface area contributed by atoms with Crippen LogP contribution >= 0.6 is 11.6 Å². The van der Waals surface area contributed by atoms with Crippen molar-refractivity contribution < 1.29 is 15.0 Å². The van der Waals surface area contributed by atoms with Gasteiger partial charge in [0.1, 0.15) is 11.3 Å². The average Bonchev–Trinajstić information content (AvgIpc) is 2.51. The Morgan fingerprint density at radius 1 is 0.957 bits per heavy atom. The smallest absolute Gasteiger partial charge is 0.339 e.